The van der Waals surface area contributed by atoms with Gasteiger partial charge in [0, 0.05) is 11.1 Å². The van der Waals surface area contributed by atoms with Crippen LogP contribution < -0.4 is 9.05 Å². The minimum atomic E-state index is -3.95. The van der Waals surface area contributed by atoms with E-state index >= 15 is 0 Å². The van der Waals surface area contributed by atoms with Crippen molar-refractivity contribution < 1.29 is 18.1 Å². The molecule has 4 aromatic carbocycles. The molecule has 0 saturated heterocycles. The molecular formula is C30H31O4P. The largest absolute Gasteiger partial charge is 0.587 e. The zero-order valence-corrected chi connectivity index (χ0v) is 21.3. The van der Waals surface area contributed by atoms with Crippen LogP contribution in [0.3, 0.4) is 0 Å². The first-order valence-electron chi connectivity index (χ1n) is 12.6. The van der Waals surface area contributed by atoms with Gasteiger partial charge in [0.15, 0.2) is 0 Å². The number of hydrogen-bond donors (Lipinski definition) is 0. The molecule has 4 nitrogen and oxygen atoms in total. The van der Waals surface area contributed by atoms with Gasteiger partial charge in [-0.15, -0.1) is 0 Å². The van der Waals surface area contributed by atoms with E-state index in [9.17, 15) is 4.57 Å². The molecule has 0 aromatic heterocycles. The summed E-state index contributed by atoms with van der Waals surface area (Å²) in [6.45, 7) is 6.66. The van der Waals surface area contributed by atoms with E-state index in [0.717, 1.165) is 45.5 Å². The van der Waals surface area contributed by atoms with Gasteiger partial charge in [-0.1, -0.05) is 87.9 Å². The third-order valence-electron chi connectivity index (χ3n) is 7.68. The Labute approximate surface area is 206 Å². The molecule has 1 heterocycles. The maximum atomic E-state index is 14.3. The summed E-state index contributed by atoms with van der Waals surface area (Å²) in [5.74, 6) is 2.33. The van der Waals surface area contributed by atoms with Crippen molar-refractivity contribution >= 4 is 29.4 Å². The van der Waals surface area contributed by atoms with Gasteiger partial charge in [0.05, 0.1) is 6.10 Å². The molecule has 0 unspecified atom stereocenters. The molecule has 1 aliphatic heterocycles. The zero-order chi connectivity index (χ0) is 24.2. The van der Waals surface area contributed by atoms with Crippen LogP contribution in [0.25, 0.3) is 32.7 Å². The lowest BCUT2D eigenvalue weighted by Gasteiger charge is -2.37. The lowest BCUT2D eigenvalue weighted by molar-refractivity contribution is 0.0272. The Morgan fingerprint density at radius 2 is 1.34 bits per heavy atom. The normalized spacial score (nSPS) is 23.3. The maximum absolute atomic E-state index is 14.3. The fourth-order valence-electron chi connectivity index (χ4n) is 5.88. The van der Waals surface area contributed by atoms with Crippen molar-refractivity contribution in [2.75, 3.05) is 0 Å². The molecule has 3 atom stereocenters. The number of phosphoric ester groups is 1. The molecule has 1 fully saturated rings. The van der Waals surface area contributed by atoms with Crippen LogP contribution in [0.15, 0.2) is 72.8 Å². The van der Waals surface area contributed by atoms with E-state index in [4.69, 9.17) is 13.6 Å². The van der Waals surface area contributed by atoms with E-state index in [1.54, 1.807) is 0 Å². The highest BCUT2D eigenvalue weighted by Gasteiger charge is 2.43. The molecule has 0 radical (unpaired) electrons. The second-order valence-corrected chi connectivity index (χ2v) is 11.9. The molecule has 0 spiro atoms. The zero-order valence-electron chi connectivity index (χ0n) is 20.4. The van der Waals surface area contributed by atoms with Crippen LogP contribution in [-0.4, -0.2) is 6.10 Å². The summed E-state index contributed by atoms with van der Waals surface area (Å²) in [6, 6.07) is 24.2. The Hall–Kier alpha value is -2.81. The van der Waals surface area contributed by atoms with Crippen LogP contribution in [-0.2, 0) is 9.09 Å². The Bertz CT molecular complexity index is 1370. The van der Waals surface area contributed by atoms with Gasteiger partial charge in [-0.3, -0.25) is 4.52 Å². The first-order chi connectivity index (χ1) is 16.9. The second-order valence-electron chi connectivity index (χ2n) is 10.4. The minimum Gasteiger partial charge on any atom is -0.394 e. The van der Waals surface area contributed by atoms with Gasteiger partial charge in [-0.2, -0.15) is 0 Å². The summed E-state index contributed by atoms with van der Waals surface area (Å²) in [6.07, 6.45) is 2.91. The molecule has 0 N–H and O–H groups in total. The summed E-state index contributed by atoms with van der Waals surface area (Å²) in [5, 5.41) is 4.25. The number of hydrogen-bond acceptors (Lipinski definition) is 4. The van der Waals surface area contributed by atoms with E-state index in [-0.39, 0.29) is 6.10 Å². The average Bonchev–Trinajstić information content (AvgIpc) is 2.97. The van der Waals surface area contributed by atoms with Crippen molar-refractivity contribution in [2.24, 2.45) is 17.8 Å². The van der Waals surface area contributed by atoms with Crippen LogP contribution in [0.2, 0.25) is 0 Å². The predicted octanol–water partition coefficient (Wildman–Crippen LogP) is 9.02. The van der Waals surface area contributed by atoms with Gasteiger partial charge in [0.1, 0.15) is 11.5 Å². The smallest absolute Gasteiger partial charge is 0.394 e. The monoisotopic (exact) mass is 486 g/mol. The quantitative estimate of drug-likeness (QED) is 0.271. The van der Waals surface area contributed by atoms with Crippen molar-refractivity contribution in [3.63, 3.8) is 0 Å². The Morgan fingerprint density at radius 1 is 0.800 bits per heavy atom. The molecule has 180 valence electrons. The molecular weight excluding hydrogens is 455 g/mol. The third-order valence-corrected chi connectivity index (χ3v) is 9.05. The number of fused-ring (bicyclic) bond motifs is 7. The predicted molar refractivity (Wildman–Crippen MR) is 142 cm³/mol. The lowest BCUT2D eigenvalue weighted by atomic mass is 9.75. The molecule has 6 rings (SSSR count). The highest BCUT2D eigenvalue weighted by molar-refractivity contribution is 7.49. The standard InChI is InChI=1S/C30H31O4P/c1-19(2)23-15-12-20(3)18-28(23)34-35(31)32-26-16-13-21-8-4-6-10-24(21)29(26)30-25-11-7-5-9-22(25)14-17-27(30)33-35/h4-11,13-14,16-17,19-20,23,28H,12,15,18H2,1-3H3/t20-,23-,28-/m1/s1. The average molecular weight is 487 g/mol. The van der Waals surface area contributed by atoms with Gasteiger partial charge < -0.3 is 9.05 Å². The van der Waals surface area contributed by atoms with Crippen molar-refractivity contribution in [1.82, 2.24) is 0 Å². The molecule has 2 aliphatic rings. The Kier molecular flexibility index (Phi) is 5.62. The molecule has 0 amide bonds. The van der Waals surface area contributed by atoms with E-state index in [1.165, 1.54) is 6.42 Å². The molecule has 5 heteroatoms. The number of phosphoric acid groups is 1. The van der Waals surface area contributed by atoms with Gasteiger partial charge in [-0.05, 0) is 64.3 Å². The highest BCUT2D eigenvalue weighted by atomic mass is 31.2. The Balaban J connectivity index is 1.54. The first kappa shape index (κ1) is 22.6. The minimum absolute atomic E-state index is 0.171. The van der Waals surface area contributed by atoms with Crippen LogP contribution >= 0.6 is 7.82 Å². The van der Waals surface area contributed by atoms with Crippen LogP contribution in [0.1, 0.15) is 40.0 Å². The van der Waals surface area contributed by atoms with Crippen molar-refractivity contribution in [1.29, 1.82) is 0 Å². The van der Waals surface area contributed by atoms with Gasteiger partial charge in [-0.25, -0.2) is 4.57 Å². The number of rotatable bonds is 3. The van der Waals surface area contributed by atoms with Crippen LogP contribution in [0, 0.1) is 17.8 Å². The van der Waals surface area contributed by atoms with Gasteiger partial charge in [0.25, 0.3) is 0 Å². The second kappa shape index (κ2) is 8.69. The topological polar surface area (TPSA) is 44.8 Å². The summed E-state index contributed by atoms with van der Waals surface area (Å²) >= 11 is 0. The van der Waals surface area contributed by atoms with E-state index in [2.05, 4.69) is 45.0 Å². The number of benzene rings is 4. The van der Waals surface area contributed by atoms with Crippen LogP contribution in [0.4, 0.5) is 0 Å². The summed E-state index contributed by atoms with van der Waals surface area (Å²) in [7, 11) is -3.95. The SMILES string of the molecule is CC(C)[C@H]1CC[C@@H](C)C[C@H]1OP1(=O)Oc2ccc3ccccc3c2-c2c(ccc3ccccc23)O1. The Morgan fingerprint density at radius 3 is 1.89 bits per heavy atom. The lowest BCUT2D eigenvalue weighted by Crippen LogP contribution is -2.34. The molecule has 35 heavy (non-hydrogen) atoms. The fourth-order valence-corrected chi connectivity index (χ4v) is 7.36. The van der Waals surface area contributed by atoms with Crippen LogP contribution in [0.5, 0.6) is 11.5 Å². The summed E-state index contributed by atoms with van der Waals surface area (Å²) in [5.41, 5.74) is 1.79. The van der Waals surface area contributed by atoms with Gasteiger partial charge in [0.2, 0.25) is 0 Å². The fraction of sp³-hybridized carbons (Fsp3) is 0.333. The summed E-state index contributed by atoms with van der Waals surface area (Å²) in [4.78, 5) is 0. The van der Waals surface area contributed by atoms with E-state index in [1.807, 2.05) is 48.5 Å². The maximum Gasteiger partial charge on any atom is 0.587 e. The highest BCUT2D eigenvalue weighted by Crippen LogP contribution is 2.60. The van der Waals surface area contributed by atoms with Crippen molar-refractivity contribution in [3.05, 3.63) is 72.8 Å². The van der Waals surface area contributed by atoms with E-state index < -0.39 is 7.82 Å². The molecule has 1 saturated carbocycles. The molecule has 0 bridgehead atoms. The molecule has 4 aromatic rings. The summed E-state index contributed by atoms with van der Waals surface area (Å²) < 4.78 is 33.2. The van der Waals surface area contributed by atoms with Crippen molar-refractivity contribution in [2.45, 2.75) is 46.1 Å². The van der Waals surface area contributed by atoms with Gasteiger partial charge >= 0.3 is 7.82 Å². The first-order valence-corrected chi connectivity index (χ1v) is 14.1. The van der Waals surface area contributed by atoms with E-state index in [0.29, 0.717) is 29.3 Å². The van der Waals surface area contributed by atoms with Crippen molar-refractivity contribution in [3.8, 4) is 22.6 Å². The third kappa shape index (κ3) is 4.03. The molecule has 1 aliphatic carbocycles.